The Hall–Kier alpha value is -1.96. The lowest BCUT2D eigenvalue weighted by Crippen LogP contribution is -2.47. The summed E-state index contributed by atoms with van der Waals surface area (Å²) in [6.45, 7) is 9.43. The SMILES string of the molecule is CCCCN(C)C(=O)c1nc2ccccn2c1CN1CCN(CCOC)CC1. The van der Waals surface area contributed by atoms with E-state index in [2.05, 4.69) is 26.1 Å². The molecular weight excluding hydrogens is 354 g/mol. The Morgan fingerprint density at radius 2 is 1.96 bits per heavy atom. The fraction of sp³-hybridized carbons (Fsp3) is 0.619. The van der Waals surface area contributed by atoms with Crippen LogP contribution in [0.25, 0.3) is 5.65 Å². The van der Waals surface area contributed by atoms with Crippen LogP contribution < -0.4 is 0 Å². The molecule has 2 aromatic rings. The van der Waals surface area contributed by atoms with Crippen molar-refractivity contribution in [3.05, 3.63) is 35.8 Å². The average Bonchev–Trinajstić information content (AvgIpc) is 3.09. The van der Waals surface area contributed by atoms with Crippen LogP contribution in [0.5, 0.6) is 0 Å². The molecule has 28 heavy (non-hydrogen) atoms. The molecule has 1 fully saturated rings. The molecule has 0 atom stereocenters. The van der Waals surface area contributed by atoms with Gasteiger partial charge in [-0.15, -0.1) is 0 Å². The number of fused-ring (bicyclic) bond motifs is 1. The maximum Gasteiger partial charge on any atom is 0.274 e. The molecule has 0 radical (unpaired) electrons. The van der Waals surface area contributed by atoms with E-state index in [9.17, 15) is 4.79 Å². The summed E-state index contributed by atoms with van der Waals surface area (Å²) in [5, 5.41) is 0. The van der Waals surface area contributed by atoms with Crippen LogP contribution in [0.1, 0.15) is 35.9 Å². The third kappa shape index (κ3) is 4.90. The first-order valence-electron chi connectivity index (χ1n) is 10.3. The van der Waals surface area contributed by atoms with Crippen molar-refractivity contribution in [3.63, 3.8) is 0 Å². The zero-order valence-corrected chi connectivity index (χ0v) is 17.4. The molecule has 0 bridgehead atoms. The highest BCUT2D eigenvalue weighted by atomic mass is 16.5. The molecule has 0 spiro atoms. The van der Waals surface area contributed by atoms with E-state index < -0.39 is 0 Å². The van der Waals surface area contributed by atoms with Crippen molar-refractivity contribution >= 4 is 11.6 Å². The molecule has 0 aliphatic carbocycles. The number of aromatic nitrogens is 2. The Labute approximate surface area is 167 Å². The van der Waals surface area contributed by atoms with Gasteiger partial charge < -0.3 is 14.0 Å². The predicted molar refractivity (Wildman–Crippen MR) is 111 cm³/mol. The summed E-state index contributed by atoms with van der Waals surface area (Å²) < 4.78 is 7.26. The summed E-state index contributed by atoms with van der Waals surface area (Å²) in [5.74, 6) is 0.0193. The second-order valence-corrected chi connectivity index (χ2v) is 7.53. The minimum atomic E-state index is 0.0193. The number of unbranched alkanes of at least 4 members (excludes halogenated alkanes) is 1. The highest BCUT2D eigenvalue weighted by molar-refractivity contribution is 5.94. The van der Waals surface area contributed by atoms with Crippen molar-refractivity contribution in [2.24, 2.45) is 0 Å². The van der Waals surface area contributed by atoms with Crippen molar-refractivity contribution in [2.75, 3.05) is 60.0 Å². The van der Waals surface area contributed by atoms with Crippen LogP contribution in [0.15, 0.2) is 24.4 Å². The highest BCUT2D eigenvalue weighted by Crippen LogP contribution is 2.18. The second-order valence-electron chi connectivity index (χ2n) is 7.53. The van der Waals surface area contributed by atoms with Gasteiger partial charge in [-0.25, -0.2) is 4.98 Å². The lowest BCUT2D eigenvalue weighted by Gasteiger charge is -2.34. The molecular formula is C21H33N5O2. The minimum absolute atomic E-state index is 0.0193. The topological polar surface area (TPSA) is 53.3 Å². The molecule has 0 saturated carbocycles. The lowest BCUT2D eigenvalue weighted by atomic mass is 10.2. The highest BCUT2D eigenvalue weighted by Gasteiger charge is 2.25. The van der Waals surface area contributed by atoms with Crippen molar-refractivity contribution in [1.29, 1.82) is 0 Å². The van der Waals surface area contributed by atoms with Crippen LogP contribution in [-0.4, -0.2) is 90.0 Å². The molecule has 0 N–H and O–H groups in total. The van der Waals surface area contributed by atoms with Crippen molar-refractivity contribution in [3.8, 4) is 0 Å². The summed E-state index contributed by atoms with van der Waals surface area (Å²) in [6, 6.07) is 5.93. The summed E-state index contributed by atoms with van der Waals surface area (Å²) in [4.78, 5) is 24.4. The number of carbonyl (C=O) groups is 1. The number of ether oxygens (including phenoxy) is 1. The van der Waals surface area contributed by atoms with Crippen LogP contribution in [-0.2, 0) is 11.3 Å². The Bertz CT molecular complexity index is 767. The number of rotatable bonds is 9. The molecule has 7 nitrogen and oxygen atoms in total. The van der Waals surface area contributed by atoms with E-state index in [-0.39, 0.29) is 5.91 Å². The minimum Gasteiger partial charge on any atom is -0.383 e. The molecule has 1 aliphatic rings. The lowest BCUT2D eigenvalue weighted by molar-refractivity contribution is 0.0779. The number of hydrogen-bond donors (Lipinski definition) is 0. The van der Waals surface area contributed by atoms with Crippen molar-refractivity contribution in [1.82, 2.24) is 24.1 Å². The van der Waals surface area contributed by atoms with Crippen molar-refractivity contribution < 1.29 is 9.53 Å². The van der Waals surface area contributed by atoms with Gasteiger partial charge in [-0.05, 0) is 18.6 Å². The number of methoxy groups -OCH3 is 1. The van der Waals surface area contributed by atoms with E-state index in [1.807, 2.05) is 31.4 Å². The number of carbonyl (C=O) groups excluding carboxylic acids is 1. The fourth-order valence-corrected chi connectivity index (χ4v) is 3.65. The van der Waals surface area contributed by atoms with E-state index >= 15 is 0 Å². The normalized spacial score (nSPS) is 16.0. The molecule has 0 aromatic carbocycles. The molecule has 7 heteroatoms. The number of pyridine rings is 1. The first-order valence-corrected chi connectivity index (χ1v) is 10.3. The van der Waals surface area contributed by atoms with E-state index in [1.165, 1.54) is 0 Å². The third-order valence-electron chi connectivity index (χ3n) is 5.48. The Morgan fingerprint density at radius 1 is 1.21 bits per heavy atom. The first kappa shape index (κ1) is 20.8. The van der Waals surface area contributed by atoms with E-state index in [0.29, 0.717) is 5.69 Å². The average molecular weight is 388 g/mol. The second kappa shape index (κ2) is 10.0. The van der Waals surface area contributed by atoms with Gasteiger partial charge in [0.1, 0.15) is 5.65 Å². The van der Waals surface area contributed by atoms with Gasteiger partial charge in [0.05, 0.1) is 12.3 Å². The standard InChI is InChI=1S/C21H33N5O2/c1-4-5-9-23(2)21(27)20-18(26-10-7-6-8-19(26)22-20)17-25-13-11-24(12-14-25)15-16-28-3/h6-8,10H,4-5,9,11-17H2,1-3H3. The van der Waals surface area contributed by atoms with Gasteiger partial charge in [-0.1, -0.05) is 19.4 Å². The molecule has 0 unspecified atom stereocenters. The molecule has 154 valence electrons. The Morgan fingerprint density at radius 3 is 2.68 bits per heavy atom. The molecule has 2 aromatic heterocycles. The zero-order chi connectivity index (χ0) is 19.9. The van der Waals surface area contributed by atoms with Crippen LogP contribution in [0.3, 0.4) is 0 Å². The van der Waals surface area contributed by atoms with Crippen LogP contribution in [0.4, 0.5) is 0 Å². The van der Waals surface area contributed by atoms with E-state index in [0.717, 1.165) is 76.6 Å². The van der Waals surface area contributed by atoms with Gasteiger partial charge in [0.2, 0.25) is 0 Å². The number of imidazole rings is 1. The molecule has 3 rings (SSSR count). The summed E-state index contributed by atoms with van der Waals surface area (Å²) in [7, 11) is 3.62. The Kier molecular flexibility index (Phi) is 7.42. The molecule has 1 amide bonds. The van der Waals surface area contributed by atoms with Gasteiger partial charge in [0, 0.05) is 66.2 Å². The van der Waals surface area contributed by atoms with Crippen LogP contribution in [0, 0.1) is 0 Å². The monoisotopic (exact) mass is 387 g/mol. The maximum absolute atomic E-state index is 13.1. The van der Waals surface area contributed by atoms with Crippen molar-refractivity contribution in [2.45, 2.75) is 26.3 Å². The first-order chi connectivity index (χ1) is 13.6. The third-order valence-corrected chi connectivity index (χ3v) is 5.48. The predicted octanol–water partition coefficient (Wildman–Crippen LogP) is 1.97. The van der Waals surface area contributed by atoms with Crippen LogP contribution >= 0.6 is 0 Å². The summed E-state index contributed by atoms with van der Waals surface area (Å²) in [6.07, 6.45) is 4.09. The molecule has 1 saturated heterocycles. The van der Waals surface area contributed by atoms with E-state index in [4.69, 9.17) is 4.74 Å². The number of amides is 1. The van der Waals surface area contributed by atoms with Gasteiger partial charge in [0.25, 0.3) is 5.91 Å². The molecule has 1 aliphatic heterocycles. The number of nitrogens with zero attached hydrogens (tertiary/aromatic N) is 5. The van der Waals surface area contributed by atoms with Gasteiger partial charge in [-0.3, -0.25) is 14.6 Å². The molecule has 3 heterocycles. The van der Waals surface area contributed by atoms with Gasteiger partial charge >= 0.3 is 0 Å². The summed E-state index contributed by atoms with van der Waals surface area (Å²) >= 11 is 0. The Balaban J connectivity index is 1.75. The smallest absolute Gasteiger partial charge is 0.274 e. The van der Waals surface area contributed by atoms with Crippen LogP contribution in [0.2, 0.25) is 0 Å². The van der Waals surface area contributed by atoms with E-state index in [1.54, 1.807) is 12.0 Å². The zero-order valence-electron chi connectivity index (χ0n) is 17.4. The summed E-state index contributed by atoms with van der Waals surface area (Å²) in [5.41, 5.74) is 2.42. The quantitative estimate of drug-likeness (QED) is 0.658. The fourth-order valence-electron chi connectivity index (χ4n) is 3.65. The largest absolute Gasteiger partial charge is 0.383 e. The van der Waals surface area contributed by atoms with Gasteiger partial charge in [0.15, 0.2) is 5.69 Å². The number of hydrogen-bond acceptors (Lipinski definition) is 5. The maximum atomic E-state index is 13.1. The number of piperazine rings is 1. The van der Waals surface area contributed by atoms with Gasteiger partial charge in [-0.2, -0.15) is 0 Å².